The highest BCUT2D eigenvalue weighted by Gasteiger charge is 2.17. The molecule has 0 bridgehead atoms. The summed E-state index contributed by atoms with van der Waals surface area (Å²) in [5, 5.41) is 5.81. The van der Waals surface area contributed by atoms with Crippen LogP contribution < -0.4 is 15.5 Å². The first-order chi connectivity index (χ1) is 13.5. The van der Waals surface area contributed by atoms with Crippen LogP contribution in [0.25, 0.3) is 0 Å². The van der Waals surface area contributed by atoms with Gasteiger partial charge < -0.3 is 15.5 Å². The highest BCUT2D eigenvalue weighted by atomic mass is 35.5. The molecule has 0 fully saturated rings. The maximum absolute atomic E-state index is 12.1. The van der Waals surface area contributed by atoms with E-state index in [1.54, 1.807) is 18.2 Å². The van der Waals surface area contributed by atoms with Crippen molar-refractivity contribution in [3.05, 3.63) is 58.1 Å². The predicted molar refractivity (Wildman–Crippen MR) is 114 cm³/mol. The van der Waals surface area contributed by atoms with E-state index in [-0.39, 0.29) is 0 Å². The largest absolute Gasteiger partial charge is 0.372 e. The average Bonchev–Trinajstić information content (AvgIpc) is 2.69. The van der Waals surface area contributed by atoms with Gasteiger partial charge in [-0.1, -0.05) is 29.8 Å². The highest BCUT2D eigenvalue weighted by Crippen LogP contribution is 2.27. The molecule has 2 aromatic carbocycles. The number of hydrogen-bond donors (Lipinski definition) is 2. The Hall–Kier alpha value is -2.53. The number of benzene rings is 2. The summed E-state index contributed by atoms with van der Waals surface area (Å²) >= 11 is 5.95. The summed E-state index contributed by atoms with van der Waals surface area (Å²) in [5.41, 5.74) is 5.25. The van der Waals surface area contributed by atoms with Crippen molar-refractivity contribution in [2.24, 2.45) is 0 Å². The molecule has 3 rings (SSSR count). The van der Waals surface area contributed by atoms with E-state index in [1.807, 2.05) is 6.92 Å². The topological polar surface area (TPSA) is 61.4 Å². The maximum atomic E-state index is 12.1. The number of halogens is 1. The predicted octanol–water partition coefficient (Wildman–Crippen LogP) is 3.72. The second-order valence-corrected chi connectivity index (χ2v) is 7.50. The fourth-order valence-electron chi connectivity index (χ4n) is 3.52. The van der Waals surface area contributed by atoms with E-state index >= 15 is 0 Å². The third-order valence-corrected chi connectivity index (χ3v) is 5.33. The second-order valence-electron chi connectivity index (χ2n) is 7.07. The van der Waals surface area contributed by atoms with Crippen molar-refractivity contribution in [2.45, 2.75) is 33.1 Å². The number of nitrogens with zero attached hydrogens (tertiary/aromatic N) is 1. The summed E-state index contributed by atoms with van der Waals surface area (Å²) in [4.78, 5) is 26.6. The Bertz CT molecular complexity index is 882. The first kappa shape index (κ1) is 20.2. The molecule has 0 unspecified atom stereocenters. The molecule has 1 aliphatic rings. The van der Waals surface area contributed by atoms with E-state index in [2.05, 4.69) is 40.7 Å². The van der Waals surface area contributed by atoms with Gasteiger partial charge >= 0.3 is 11.8 Å². The Morgan fingerprint density at radius 2 is 1.96 bits per heavy atom. The molecule has 148 valence electrons. The van der Waals surface area contributed by atoms with E-state index in [0.29, 0.717) is 23.7 Å². The van der Waals surface area contributed by atoms with E-state index in [0.717, 1.165) is 25.1 Å². The molecule has 0 saturated carbocycles. The lowest BCUT2D eigenvalue weighted by Crippen LogP contribution is -2.36. The van der Waals surface area contributed by atoms with Gasteiger partial charge in [0, 0.05) is 36.0 Å². The molecule has 0 radical (unpaired) electrons. The number of carbonyl (C=O) groups is 2. The van der Waals surface area contributed by atoms with Crippen LogP contribution in [-0.2, 0) is 22.4 Å². The number of carbonyl (C=O) groups excluding carboxylic acids is 2. The number of aryl methyl sites for hydroxylation is 2. The first-order valence-corrected chi connectivity index (χ1v) is 10.1. The number of fused-ring (bicyclic) bond motifs is 1. The summed E-state index contributed by atoms with van der Waals surface area (Å²) in [5.74, 6) is -1.33. The van der Waals surface area contributed by atoms with Crippen LogP contribution in [-0.4, -0.2) is 31.4 Å². The Morgan fingerprint density at radius 3 is 2.75 bits per heavy atom. The van der Waals surface area contributed by atoms with Gasteiger partial charge in [-0.2, -0.15) is 0 Å². The summed E-state index contributed by atoms with van der Waals surface area (Å²) in [6, 6.07) is 11.7. The highest BCUT2D eigenvalue weighted by molar-refractivity contribution is 6.40. The fraction of sp³-hybridized carbons (Fsp3) is 0.364. The molecule has 0 atom stereocenters. The van der Waals surface area contributed by atoms with Crippen LogP contribution in [0.4, 0.5) is 11.4 Å². The standard InChI is InChI=1S/C22H26ClN3O2/c1-3-26-12-4-5-17-13-16(7-9-20(17)26)10-11-24-21(27)22(28)25-19-14-18(23)8-6-15(19)2/h6-9,13-14H,3-5,10-12H2,1-2H3,(H,24,27)(H,25,28). The van der Waals surface area contributed by atoms with Gasteiger partial charge in [-0.05, 0) is 68.0 Å². The van der Waals surface area contributed by atoms with Crippen molar-refractivity contribution in [3.8, 4) is 0 Å². The van der Waals surface area contributed by atoms with Crippen LogP contribution in [0.15, 0.2) is 36.4 Å². The minimum atomic E-state index is -0.686. The van der Waals surface area contributed by atoms with Crippen LogP contribution in [0.5, 0.6) is 0 Å². The molecule has 1 aliphatic heterocycles. The van der Waals surface area contributed by atoms with Crippen LogP contribution >= 0.6 is 11.6 Å². The van der Waals surface area contributed by atoms with E-state index in [9.17, 15) is 9.59 Å². The van der Waals surface area contributed by atoms with Crippen LogP contribution in [0.2, 0.25) is 5.02 Å². The third kappa shape index (κ3) is 4.84. The van der Waals surface area contributed by atoms with Crippen LogP contribution in [0, 0.1) is 6.92 Å². The van der Waals surface area contributed by atoms with Gasteiger partial charge in [0.25, 0.3) is 0 Å². The molecule has 0 spiro atoms. The van der Waals surface area contributed by atoms with Gasteiger partial charge in [0.1, 0.15) is 0 Å². The van der Waals surface area contributed by atoms with Gasteiger partial charge in [-0.3, -0.25) is 9.59 Å². The molecule has 28 heavy (non-hydrogen) atoms. The van der Waals surface area contributed by atoms with Crippen molar-refractivity contribution in [1.82, 2.24) is 5.32 Å². The monoisotopic (exact) mass is 399 g/mol. The van der Waals surface area contributed by atoms with Gasteiger partial charge in [0.05, 0.1) is 0 Å². The summed E-state index contributed by atoms with van der Waals surface area (Å²) in [7, 11) is 0. The van der Waals surface area contributed by atoms with Gasteiger partial charge in [0.15, 0.2) is 0 Å². The van der Waals surface area contributed by atoms with Crippen LogP contribution in [0.1, 0.15) is 30.0 Å². The van der Waals surface area contributed by atoms with Crippen molar-refractivity contribution < 1.29 is 9.59 Å². The van der Waals surface area contributed by atoms with Crippen molar-refractivity contribution in [3.63, 3.8) is 0 Å². The molecule has 2 aromatic rings. The van der Waals surface area contributed by atoms with Gasteiger partial charge in [0.2, 0.25) is 0 Å². The fourth-order valence-corrected chi connectivity index (χ4v) is 3.69. The molecule has 2 amide bonds. The lowest BCUT2D eigenvalue weighted by atomic mass is 9.98. The molecule has 6 heteroatoms. The quantitative estimate of drug-likeness (QED) is 0.753. The maximum Gasteiger partial charge on any atom is 0.313 e. The smallest absolute Gasteiger partial charge is 0.313 e. The summed E-state index contributed by atoms with van der Waals surface area (Å²) < 4.78 is 0. The zero-order chi connectivity index (χ0) is 20.1. The van der Waals surface area contributed by atoms with Gasteiger partial charge in [-0.25, -0.2) is 0 Å². The third-order valence-electron chi connectivity index (χ3n) is 5.09. The van der Waals surface area contributed by atoms with E-state index in [4.69, 9.17) is 11.6 Å². The molecular weight excluding hydrogens is 374 g/mol. The number of hydrogen-bond acceptors (Lipinski definition) is 3. The molecule has 2 N–H and O–H groups in total. The molecule has 5 nitrogen and oxygen atoms in total. The number of nitrogens with one attached hydrogen (secondary N) is 2. The number of anilines is 2. The Balaban J connectivity index is 1.52. The number of amides is 2. The molecule has 0 aromatic heterocycles. The average molecular weight is 400 g/mol. The first-order valence-electron chi connectivity index (χ1n) is 9.70. The normalized spacial score (nSPS) is 13.0. The van der Waals surface area contributed by atoms with Crippen molar-refractivity contribution in [1.29, 1.82) is 0 Å². The lowest BCUT2D eigenvalue weighted by Gasteiger charge is -2.30. The molecule has 0 aliphatic carbocycles. The van der Waals surface area contributed by atoms with E-state index in [1.165, 1.54) is 23.2 Å². The summed E-state index contributed by atoms with van der Waals surface area (Å²) in [6.45, 7) is 6.56. The molecule has 0 saturated heterocycles. The second kappa shape index (κ2) is 9.11. The molecular formula is C22H26ClN3O2. The SMILES string of the molecule is CCN1CCCc2cc(CCNC(=O)C(=O)Nc3cc(Cl)ccc3C)ccc21. The molecule has 1 heterocycles. The minimum absolute atomic E-state index is 0.414. The number of rotatable bonds is 5. The Morgan fingerprint density at radius 1 is 1.14 bits per heavy atom. The van der Waals surface area contributed by atoms with E-state index < -0.39 is 11.8 Å². The Labute approximate surface area is 171 Å². The zero-order valence-corrected chi connectivity index (χ0v) is 17.1. The van der Waals surface area contributed by atoms with Crippen molar-refractivity contribution in [2.75, 3.05) is 29.9 Å². The van der Waals surface area contributed by atoms with Crippen LogP contribution in [0.3, 0.4) is 0 Å². The zero-order valence-electron chi connectivity index (χ0n) is 16.3. The minimum Gasteiger partial charge on any atom is -0.372 e. The summed E-state index contributed by atoms with van der Waals surface area (Å²) in [6.07, 6.45) is 2.95. The van der Waals surface area contributed by atoms with Crippen molar-refractivity contribution >= 4 is 34.8 Å². The van der Waals surface area contributed by atoms with Gasteiger partial charge in [-0.15, -0.1) is 0 Å². The lowest BCUT2D eigenvalue weighted by molar-refractivity contribution is -0.136. The Kier molecular flexibility index (Phi) is 6.57.